The van der Waals surface area contributed by atoms with Crippen LogP contribution in [0, 0.1) is 0 Å². The highest BCUT2D eigenvalue weighted by Gasteiger charge is 2.31. The number of aryl methyl sites for hydroxylation is 1. The maximum absolute atomic E-state index is 12.6. The van der Waals surface area contributed by atoms with Crippen molar-refractivity contribution < 1.29 is 14.3 Å². The van der Waals surface area contributed by atoms with Gasteiger partial charge in [-0.2, -0.15) is 10.2 Å². The molecule has 8 nitrogen and oxygen atoms in total. The van der Waals surface area contributed by atoms with Crippen LogP contribution in [-0.4, -0.2) is 40.0 Å². The molecule has 0 fully saturated rings. The van der Waals surface area contributed by atoms with E-state index in [4.69, 9.17) is 4.74 Å². The molecule has 2 amide bonds. The van der Waals surface area contributed by atoms with Crippen molar-refractivity contribution in [2.75, 3.05) is 6.54 Å². The first-order valence-corrected chi connectivity index (χ1v) is 8.29. The Morgan fingerprint density at radius 3 is 2.96 bits per heavy atom. The van der Waals surface area contributed by atoms with Crippen molar-refractivity contribution in [3.05, 3.63) is 17.0 Å². The second-order valence-electron chi connectivity index (χ2n) is 6.38. The summed E-state index contributed by atoms with van der Waals surface area (Å²) in [5.74, 6) is -0.184. The zero-order valence-electron chi connectivity index (χ0n) is 14.3. The number of nitrogens with zero attached hydrogens (tertiary/aromatic N) is 3. The van der Waals surface area contributed by atoms with E-state index in [1.807, 2.05) is 13.8 Å². The van der Waals surface area contributed by atoms with Crippen molar-refractivity contribution in [3.8, 4) is 0 Å². The van der Waals surface area contributed by atoms with E-state index in [1.54, 1.807) is 11.7 Å². The van der Waals surface area contributed by atoms with Gasteiger partial charge >= 0.3 is 0 Å². The third kappa shape index (κ3) is 3.33. The lowest BCUT2D eigenvalue weighted by molar-refractivity contribution is -0.119. The van der Waals surface area contributed by atoms with E-state index in [2.05, 4.69) is 20.9 Å². The molecule has 0 spiro atoms. The molecule has 3 rings (SSSR count). The van der Waals surface area contributed by atoms with Gasteiger partial charge in [-0.1, -0.05) is 0 Å². The molecule has 2 N–H and O–H groups in total. The van der Waals surface area contributed by atoms with Gasteiger partial charge in [-0.25, -0.2) is 5.43 Å². The van der Waals surface area contributed by atoms with Gasteiger partial charge in [0.1, 0.15) is 5.69 Å². The molecule has 3 heterocycles. The first-order chi connectivity index (χ1) is 11.5. The largest absolute Gasteiger partial charge is 0.369 e. The van der Waals surface area contributed by atoms with Crippen LogP contribution in [0.3, 0.4) is 0 Å². The lowest BCUT2D eigenvalue weighted by atomic mass is 9.99. The highest BCUT2D eigenvalue weighted by atomic mass is 16.5. The van der Waals surface area contributed by atoms with Crippen LogP contribution >= 0.6 is 0 Å². The fourth-order valence-corrected chi connectivity index (χ4v) is 3.28. The summed E-state index contributed by atoms with van der Waals surface area (Å²) in [6, 6.07) is 0. The molecule has 1 aromatic heterocycles. The minimum atomic E-state index is -0.116. The quantitative estimate of drug-likeness (QED) is 0.780. The SMILES string of the molecule is C[C@@H]1Cc2c(nn(C)c2C(=O)NCCCC2=NNC(=O)C2)[C@H](C)O1. The van der Waals surface area contributed by atoms with Gasteiger partial charge in [-0.3, -0.25) is 14.3 Å². The summed E-state index contributed by atoms with van der Waals surface area (Å²) in [7, 11) is 1.79. The molecule has 0 radical (unpaired) electrons. The molecule has 2 aliphatic rings. The van der Waals surface area contributed by atoms with E-state index in [9.17, 15) is 9.59 Å². The first-order valence-electron chi connectivity index (χ1n) is 8.29. The summed E-state index contributed by atoms with van der Waals surface area (Å²) in [4.78, 5) is 23.6. The van der Waals surface area contributed by atoms with Crippen molar-refractivity contribution >= 4 is 17.5 Å². The molecule has 24 heavy (non-hydrogen) atoms. The lowest BCUT2D eigenvalue weighted by Crippen LogP contribution is -2.29. The van der Waals surface area contributed by atoms with Crippen molar-refractivity contribution in [2.24, 2.45) is 12.1 Å². The molecule has 0 saturated heterocycles. The van der Waals surface area contributed by atoms with Crippen molar-refractivity contribution in [2.45, 2.75) is 51.7 Å². The topological polar surface area (TPSA) is 97.6 Å². The molecule has 1 aromatic rings. The second kappa shape index (κ2) is 6.72. The summed E-state index contributed by atoms with van der Waals surface area (Å²) in [6.07, 6.45) is 2.48. The van der Waals surface area contributed by atoms with Gasteiger partial charge in [0.05, 0.1) is 24.3 Å². The summed E-state index contributed by atoms with van der Waals surface area (Å²) >= 11 is 0. The van der Waals surface area contributed by atoms with Gasteiger partial charge < -0.3 is 10.1 Å². The van der Waals surface area contributed by atoms with Crippen LogP contribution in [0.4, 0.5) is 0 Å². The van der Waals surface area contributed by atoms with Gasteiger partial charge in [0.25, 0.3) is 5.91 Å². The molecule has 2 aliphatic heterocycles. The van der Waals surface area contributed by atoms with Crippen LogP contribution in [-0.2, 0) is 23.0 Å². The number of fused-ring (bicyclic) bond motifs is 1. The lowest BCUT2D eigenvalue weighted by Gasteiger charge is -2.24. The smallest absolute Gasteiger partial charge is 0.269 e. The fraction of sp³-hybridized carbons (Fsp3) is 0.625. The van der Waals surface area contributed by atoms with Crippen LogP contribution in [0.1, 0.15) is 61.0 Å². The number of nitrogens with one attached hydrogen (secondary N) is 2. The first kappa shape index (κ1) is 16.6. The minimum Gasteiger partial charge on any atom is -0.369 e. The molecule has 0 aliphatic carbocycles. The van der Waals surface area contributed by atoms with Crippen LogP contribution < -0.4 is 10.7 Å². The Labute approximate surface area is 140 Å². The number of carbonyl (C=O) groups excluding carboxylic acids is 2. The van der Waals surface area contributed by atoms with E-state index in [0.717, 1.165) is 23.4 Å². The van der Waals surface area contributed by atoms with Gasteiger partial charge in [0.15, 0.2) is 0 Å². The Balaban J connectivity index is 1.58. The average Bonchev–Trinajstić information content (AvgIpc) is 3.06. The Morgan fingerprint density at radius 2 is 2.25 bits per heavy atom. The number of ether oxygens (including phenoxy) is 1. The highest BCUT2D eigenvalue weighted by Crippen LogP contribution is 2.31. The number of hydrogen-bond donors (Lipinski definition) is 2. The average molecular weight is 333 g/mol. The fourth-order valence-electron chi connectivity index (χ4n) is 3.28. The predicted molar refractivity (Wildman–Crippen MR) is 87.6 cm³/mol. The molecule has 130 valence electrons. The molecule has 0 aromatic carbocycles. The number of hydrogen-bond acceptors (Lipinski definition) is 5. The van der Waals surface area contributed by atoms with E-state index < -0.39 is 0 Å². The number of rotatable bonds is 5. The van der Waals surface area contributed by atoms with Gasteiger partial charge in [-0.15, -0.1) is 0 Å². The third-order valence-electron chi connectivity index (χ3n) is 4.34. The molecule has 0 unspecified atom stereocenters. The molecule has 0 saturated carbocycles. The van der Waals surface area contributed by atoms with E-state index in [-0.39, 0.29) is 24.0 Å². The zero-order valence-corrected chi connectivity index (χ0v) is 14.3. The number of amides is 2. The Hall–Kier alpha value is -2.22. The van der Waals surface area contributed by atoms with Crippen molar-refractivity contribution in [1.29, 1.82) is 0 Å². The van der Waals surface area contributed by atoms with E-state index in [1.165, 1.54) is 0 Å². The number of hydrazone groups is 1. The molecule has 2 atom stereocenters. The molecular weight excluding hydrogens is 310 g/mol. The van der Waals surface area contributed by atoms with Crippen LogP contribution in [0.5, 0.6) is 0 Å². The maximum Gasteiger partial charge on any atom is 0.269 e. The van der Waals surface area contributed by atoms with E-state index in [0.29, 0.717) is 31.5 Å². The van der Waals surface area contributed by atoms with Gasteiger partial charge in [0, 0.05) is 31.3 Å². The van der Waals surface area contributed by atoms with E-state index >= 15 is 0 Å². The standard InChI is InChI=1S/C16H23N5O3/c1-9-7-12-14(10(2)24-9)20-21(3)15(12)16(23)17-6-4-5-11-8-13(22)19-18-11/h9-10H,4-8H2,1-3H3,(H,17,23)(H,19,22)/t9-,10+/m1/s1. The Bertz CT molecular complexity index is 694. The molecular formula is C16H23N5O3. The van der Waals surface area contributed by atoms with Crippen molar-refractivity contribution in [1.82, 2.24) is 20.5 Å². The summed E-state index contributed by atoms with van der Waals surface area (Å²) in [5, 5.41) is 11.3. The monoisotopic (exact) mass is 333 g/mol. The summed E-state index contributed by atoms with van der Waals surface area (Å²) < 4.78 is 7.41. The van der Waals surface area contributed by atoms with Crippen molar-refractivity contribution in [3.63, 3.8) is 0 Å². The number of carbonyl (C=O) groups is 2. The maximum atomic E-state index is 12.6. The van der Waals surface area contributed by atoms with Gasteiger partial charge in [-0.05, 0) is 26.7 Å². The van der Waals surface area contributed by atoms with Crippen LogP contribution in [0.15, 0.2) is 5.10 Å². The minimum absolute atomic E-state index is 0.0685. The summed E-state index contributed by atoms with van der Waals surface area (Å²) in [5.41, 5.74) is 5.72. The van der Waals surface area contributed by atoms with Crippen LogP contribution in [0.25, 0.3) is 0 Å². The Morgan fingerprint density at radius 1 is 1.46 bits per heavy atom. The zero-order chi connectivity index (χ0) is 17.3. The van der Waals surface area contributed by atoms with Crippen LogP contribution in [0.2, 0.25) is 0 Å². The second-order valence-corrected chi connectivity index (χ2v) is 6.38. The highest BCUT2D eigenvalue weighted by molar-refractivity contribution is 6.04. The van der Waals surface area contributed by atoms with Gasteiger partial charge in [0.2, 0.25) is 5.91 Å². The predicted octanol–water partition coefficient (Wildman–Crippen LogP) is 0.828. The molecule has 0 bridgehead atoms. The number of aromatic nitrogens is 2. The third-order valence-corrected chi connectivity index (χ3v) is 4.34. The normalized spacial score (nSPS) is 22.8. The molecule has 8 heteroatoms. The summed E-state index contributed by atoms with van der Waals surface area (Å²) in [6.45, 7) is 4.50. The Kier molecular flexibility index (Phi) is 4.66.